The first kappa shape index (κ1) is 15.9. The molecule has 0 N–H and O–H groups in total. The molecule has 0 bridgehead atoms. The van der Waals surface area contributed by atoms with Gasteiger partial charge in [0.25, 0.3) is 0 Å². The van der Waals surface area contributed by atoms with Gasteiger partial charge in [0, 0.05) is 22.3 Å². The molecule has 0 radical (unpaired) electrons. The van der Waals surface area contributed by atoms with Crippen LogP contribution >= 0.6 is 0 Å². The van der Waals surface area contributed by atoms with Crippen LogP contribution < -0.4 is 0 Å². The van der Waals surface area contributed by atoms with E-state index in [-0.39, 0.29) is 12.4 Å². The van der Waals surface area contributed by atoms with E-state index in [4.69, 9.17) is 0 Å². The number of esters is 1. The van der Waals surface area contributed by atoms with Crippen LogP contribution in [0.2, 0.25) is 0 Å². The minimum atomic E-state index is -0.871. The zero-order chi connectivity index (χ0) is 14.3. The first-order valence-corrected chi connectivity index (χ1v) is 8.00. The van der Waals surface area contributed by atoms with Crippen LogP contribution in [0.3, 0.4) is 0 Å². The summed E-state index contributed by atoms with van der Waals surface area (Å²) in [5.74, 6) is 1.53. The highest BCUT2D eigenvalue weighted by molar-refractivity contribution is 7.84. The molecule has 0 saturated carbocycles. The van der Waals surface area contributed by atoms with Gasteiger partial charge in [-0.3, -0.25) is 9.00 Å². The summed E-state index contributed by atoms with van der Waals surface area (Å²) < 4.78 is 16.7. The fraction of sp³-hybridized carbons (Fsp3) is 0.533. The Morgan fingerprint density at radius 2 is 1.89 bits per heavy atom. The Morgan fingerprint density at radius 1 is 1.26 bits per heavy atom. The number of carbonyl (C=O) groups is 1. The maximum atomic E-state index is 12.0. The summed E-state index contributed by atoms with van der Waals surface area (Å²) >= 11 is 0. The van der Waals surface area contributed by atoms with Gasteiger partial charge >= 0.3 is 5.97 Å². The maximum absolute atomic E-state index is 12.0. The van der Waals surface area contributed by atoms with Gasteiger partial charge in [0.05, 0.1) is 13.5 Å². The molecule has 1 aromatic rings. The largest absolute Gasteiger partial charge is 0.469 e. The molecule has 1 aromatic carbocycles. The average Bonchev–Trinajstić information content (AvgIpc) is 2.38. The van der Waals surface area contributed by atoms with Crippen LogP contribution in [-0.4, -0.2) is 23.0 Å². The van der Waals surface area contributed by atoms with E-state index in [1.165, 1.54) is 7.11 Å². The van der Waals surface area contributed by atoms with Crippen molar-refractivity contribution >= 4 is 16.8 Å². The normalized spacial score (nSPS) is 12.4. The van der Waals surface area contributed by atoms with Crippen LogP contribution in [0.25, 0.3) is 0 Å². The molecule has 1 rings (SSSR count). The molecule has 0 saturated heterocycles. The van der Waals surface area contributed by atoms with Crippen LogP contribution in [0.5, 0.6) is 0 Å². The minimum absolute atomic E-state index is 0.244. The SMILES string of the molecule is COC(=O)Cc1ccccc1CS(=O)CCC(C)C. The lowest BCUT2D eigenvalue weighted by Crippen LogP contribution is -2.09. The average molecular weight is 282 g/mol. The lowest BCUT2D eigenvalue weighted by molar-refractivity contribution is -0.139. The van der Waals surface area contributed by atoms with Crippen LogP contribution in [-0.2, 0) is 32.5 Å². The number of ether oxygens (including phenoxy) is 1. The predicted molar refractivity (Wildman–Crippen MR) is 78.3 cm³/mol. The fourth-order valence-electron chi connectivity index (χ4n) is 1.71. The van der Waals surface area contributed by atoms with Gasteiger partial charge in [0.15, 0.2) is 0 Å². The Kier molecular flexibility index (Phi) is 6.78. The number of hydrogen-bond acceptors (Lipinski definition) is 3. The van der Waals surface area contributed by atoms with Crippen LogP contribution in [0.15, 0.2) is 24.3 Å². The van der Waals surface area contributed by atoms with E-state index in [1.807, 2.05) is 24.3 Å². The molecule has 0 fully saturated rings. The van der Waals surface area contributed by atoms with Crippen molar-refractivity contribution in [3.8, 4) is 0 Å². The Bertz CT molecular complexity index is 441. The van der Waals surface area contributed by atoms with E-state index >= 15 is 0 Å². The molecule has 0 spiro atoms. The summed E-state index contributed by atoms with van der Waals surface area (Å²) in [5, 5.41) is 0. The second-order valence-corrected chi connectivity index (χ2v) is 6.57. The Hall–Kier alpha value is -1.16. The minimum Gasteiger partial charge on any atom is -0.469 e. The molecule has 3 nitrogen and oxygen atoms in total. The molecule has 0 aromatic heterocycles. The van der Waals surface area contributed by atoms with E-state index in [9.17, 15) is 9.00 Å². The summed E-state index contributed by atoms with van der Waals surface area (Å²) in [5.41, 5.74) is 1.89. The van der Waals surface area contributed by atoms with E-state index < -0.39 is 10.8 Å². The van der Waals surface area contributed by atoms with Gasteiger partial charge in [0.2, 0.25) is 0 Å². The Morgan fingerprint density at radius 3 is 2.47 bits per heavy atom. The van der Waals surface area contributed by atoms with E-state index in [1.54, 1.807) is 0 Å². The zero-order valence-electron chi connectivity index (χ0n) is 11.8. The van der Waals surface area contributed by atoms with Crippen molar-refractivity contribution in [1.82, 2.24) is 0 Å². The van der Waals surface area contributed by atoms with Crippen LogP contribution in [0, 0.1) is 5.92 Å². The molecule has 0 aliphatic rings. The van der Waals surface area contributed by atoms with Crippen LogP contribution in [0.1, 0.15) is 31.4 Å². The fourth-order valence-corrected chi connectivity index (χ4v) is 3.22. The third-order valence-electron chi connectivity index (χ3n) is 2.92. The molecule has 1 atom stereocenters. The van der Waals surface area contributed by atoms with Crippen LogP contribution in [0.4, 0.5) is 0 Å². The maximum Gasteiger partial charge on any atom is 0.309 e. The van der Waals surface area contributed by atoms with E-state index in [0.29, 0.717) is 17.4 Å². The molecule has 0 heterocycles. The van der Waals surface area contributed by atoms with Gasteiger partial charge in [-0.05, 0) is 23.5 Å². The summed E-state index contributed by atoms with van der Waals surface area (Å²) in [7, 11) is 0.510. The van der Waals surface area contributed by atoms with Gasteiger partial charge < -0.3 is 4.74 Å². The molecule has 0 amide bonds. The number of carbonyl (C=O) groups excluding carboxylic acids is 1. The highest BCUT2D eigenvalue weighted by atomic mass is 32.2. The predicted octanol–water partition coefficient (Wildman–Crippen LogP) is 2.70. The zero-order valence-corrected chi connectivity index (χ0v) is 12.7. The van der Waals surface area contributed by atoms with Gasteiger partial charge in [-0.15, -0.1) is 0 Å². The Labute approximate surface area is 117 Å². The third-order valence-corrected chi connectivity index (χ3v) is 4.24. The molecule has 106 valence electrons. The summed E-state index contributed by atoms with van der Waals surface area (Å²) in [4.78, 5) is 11.3. The summed E-state index contributed by atoms with van der Waals surface area (Å²) in [6.45, 7) is 4.25. The van der Waals surface area contributed by atoms with Crippen molar-refractivity contribution in [2.45, 2.75) is 32.4 Å². The first-order chi connectivity index (χ1) is 9.02. The Balaban J connectivity index is 2.67. The smallest absolute Gasteiger partial charge is 0.309 e. The number of hydrogen-bond donors (Lipinski definition) is 0. The molecule has 0 aliphatic heterocycles. The number of rotatable bonds is 7. The molecule has 0 aliphatic carbocycles. The monoisotopic (exact) mass is 282 g/mol. The lowest BCUT2D eigenvalue weighted by atomic mass is 10.1. The topological polar surface area (TPSA) is 43.4 Å². The first-order valence-electron chi connectivity index (χ1n) is 6.51. The second-order valence-electron chi connectivity index (χ2n) is 4.99. The van der Waals surface area contributed by atoms with Gasteiger partial charge in [-0.1, -0.05) is 38.1 Å². The van der Waals surface area contributed by atoms with Gasteiger partial charge in [0.1, 0.15) is 0 Å². The lowest BCUT2D eigenvalue weighted by Gasteiger charge is -2.09. The van der Waals surface area contributed by atoms with Crippen molar-refractivity contribution in [3.63, 3.8) is 0 Å². The van der Waals surface area contributed by atoms with Crippen molar-refractivity contribution in [2.24, 2.45) is 5.92 Å². The third kappa shape index (κ3) is 6.01. The second kappa shape index (κ2) is 8.10. The van der Waals surface area contributed by atoms with Gasteiger partial charge in [-0.2, -0.15) is 0 Å². The van der Waals surface area contributed by atoms with Crippen molar-refractivity contribution < 1.29 is 13.7 Å². The summed E-state index contributed by atoms with van der Waals surface area (Å²) in [6.07, 6.45) is 1.21. The highest BCUT2D eigenvalue weighted by Gasteiger charge is 2.10. The molecule has 1 unspecified atom stereocenters. The number of benzene rings is 1. The summed E-state index contributed by atoms with van der Waals surface area (Å²) in [6, 6.07) is 7.63. The van der Waals surface area contributed by atoms with Crippen molar-refractivity contribution in [3.05, 3.63) is 35.4 Å². The molecule has 19 heavy (non-hydrogen) atoms. The molecular formula is C15H22O3S. The molecule has 4 heteroatoms. The van der Waals surface area contributed by atoms with E-state index in [0.717, 1.165) is 17.5 Å². The number of methoxy groups -OCH3 is 1. The van der Waals surface area contributed by atoms with Crippen molar-refractivity contribution in [2.75, 3.05) is 12.9 Å². The standard InChI is InChI=1S/C15H22O3S/c1-12(2)8-9-19(17)11-14-7-5-4-6-13(14)10-15(16)18-3/h4-7,12H,8-11H2,1-3H3. The van der Waals surface area contributed by atoms with E-state index in [2.05, 4.69) is 18.6 Å². The highest BCUT2D eigenvalue weighted by Crippen LogP contribution is 2.14. The van der Waals surface area contributed by atoms with Crippen molar-refractivity contribution in [1.29, 1.82) is 0 Å². The van der Waals surface area contributed by atoms with Gasteiger partial charge in [-0.25, -0.2) is 0 Å². The molecular weight excluding hydrogens is 260 g/mol. The quantitative estimate of drug-likeness (QED) is 0.722.